The summed E-state index contributed by atoms with van der Waals surface area (Å²) in [5.41, 5.74) is 1.11. The molecule has 2 rings (SSSR count). The van der Waals surface area contributed by atoms with E-state index in [2.05, 4.69) is 15.3 Å². The van der Waals surface area contributed by atoms with E-state index < -0.39 is 0 Å². The molecule has 0 radical (unpaired) electrons. The monoisotopic (exact) mass is 207 g/mol. The van der Waals surface area contributed by atoms with Crippen molar-refractivity contribution in [3.63, 3.8) is 0 Å². The maximum absolute atomic E-state index is 5.50. The van der Waals surface area contributed by atoms with Crippen LogP contribution >= 0.6 is 0 Å². The van der Waals surface area contributed by atoms with Crippen LogP contribution in [0.2, 0.25) is 0 Å². The van der Waals surface area contributed by atoms with Crippen molar-refractivity contribution in [3.8, 4) is 0 Å². The molecular formula is C11H17N3O. The van der Waals surface area contributed by atoms with Crippen molar-refractivity contribution in [3.05, 3.63) is 23.8 Å². The van der Waals surface area contributed by atoms with Gasteiger partial charge in [0, 0.05) is 30.9 Å². The zero-order chi connectivity index (χ0) is 10.5. The molecule has 0 spiro atoms. The number of ether oxygens (including phenoxy) is 1. The first-order chi connectivity index (χ1) is 7.34. The minimum Gasteiger partial charge on any atom is -0.380 e. The van der Waals surface area contributed by atoms with Crippen molar-refractivity contribution in [1.82, 2.24) is 15.3 Å². The Kier molecular flexibility index (Phi) is 3.64. The highest BCUT2D eigenvalue weighted by Crippen LogP contribution is 2.08. The Morgan fingerprint density at radius 1 is 1.60 bits per heavy atom. The molecule has 0 aromatic carbocycles. The molecule has 0 aliphatic carbocycles. The van der Waals surface area contributed by atoms with Crippen LogP contribution in [0.3, 0.4) is 0 Å². The third-order valence-electron chi connectivity index (χ3n) is 2.54. The van der Waals surface area contributed by atoms with Gasteiger partial charge < -0.3 is 10.1 Å². The maximum Gasteiger partial charge on any atom is 0.125 e. The number of hydrogen-bond acceptors (Lipinski definition) is 4. The van der Waals surface area contributed by atoms with Gasteiger partial charge in [0.1, 0.15) is 5.82 Å². The van der Waals surface area contributed by atoms with Crippen LogP contribution in [0.4, 0.5) is 0 Å². The summed E-state index contributed by atoms with van der Waals surface area (Å²) in [4.78, 5) is 8.50. The molecule has 4 nitrogen and oxygen atoms in total. The van der Waals surface area contributed by atoms with Gasteiger partial charge >= 0.3 is 0 Å². The molecule has 2 heterocycles. The third kappa shape index (κ3) is 3.25. The van der Waals surface area contributed by atoms with Gasteiger partial charge in [-0.05, 0) is 19.4 Å². The highest BCUT2D eigenvalue weighted by Gasteiger charge is 2.13. The molecule has 0 bridgehead atoms. The molecule has 1 aliphatic heterocycles. The summed E-state index contributed by atoms with van der Waals surface area (Å²) in [6, 6.07) is 1.98. The normalized spacial score (nSPS) is 22.3. The van der Waals surface area contributed by atoms with E-state index in [9.17, 15) is 0 Å². The first-order valence-electron chi connectivity index (χ1n) is 5.41. The Labute approximate surface area is 90.1 Å². The molecule has 15 heavy (non-hydrogen) atoms. The van der Waals surface area contributed by atoms with Crippen LogP contribution < -0.4 is 5.32 Å². The van der Waals surface area contributed by atoms with Crippen molar-refractivity contribution in [2.24, 2.45) is 5.92 Å². The summed E-state index contributed by atoms with van der Waals surface area (Å²) >= 11 is 0. The zero-order valence-electron chi connectivity index (χ0n) is 9.07. The number of aryl methyl sites for hydroxylation is 1. The van der Waals surface area contributed by atoms with Crippen LogP contribution in [0.5, 0.6) is 0 Å². The summed E-state index contributed by atoms with van der Waals surface area (Å²) < 4.78 is 5.50. The Morgan fingerprint density at radius 2 is 2.53 bits per heavy atom. The molecule has 1 aliphatic rings. The second-order valence-electron chi connectivity index (χ2n) is 3.94. The fourth-order valence-corrected chi connectivity index (χ4v) is 1.81. The van der Waals surface area contributed by atoms with Gasteiger partial charge in [0.2, 0.25) is 0 Å². The lowest BCUT2D eigenvalue weighted by molar-refractivity contribution is 0.123. The summed E-state index contributed by atoms with van der Waals surface area (Å²) in [5.74, 6) is 1.37. The minimum atomic E-state index is 0.529. The highest BCUT2D eigenvalue weighted by atomic mass is 16.5. The molecule has 1 aromatic heterocycles. The first kappa shape index (κ1) is 10.5. The van der Waals surface area contributed by atoms with Crippen LogP contribution in [0, 0.1) is 12.8 Å². The number of nitrogens with zero attached hydrogens (tertiary/aromatic N) is 2. The topological polar surface area (TPSA) is 47.0 Å². The zero-order valence-corrected chi connectivity index (χ0v) is 9.07. The van der Waals surface area contributed by atoms with Crippen LogP contribution in [-0.4, -0.2) is 36.3 Å². The Bertz CT molecular complexity index is 308. The number of aromatic nitrogens is 2. The van der Waals surface area contributed by atoms with Crippen LogP contribution in [0.15, 0.2) is 12.3 Å². The molecule has 0 amide bonds. The fraction of sp³-hybridized carbons (Fsp3) is 0.636. The SMILES string of the molecule is Cc1nccc(CC2CNCCOC2)n1. The van der Waals surface area contributed by atoms with Gasteiger partial charge in [0.15, 0.2) is 0 Å². The Morgan fingerprint density at radius 3 is 3.40 bits per heavy atom. The van der Waals surface area contributed by atoms with E-state index in [1.165, 1.54) is 0 Å². The lowest BCUT2D eigenvalue weighted by atomic mass is 10.0. The molecule has 1 atom stereocenters. The summed E-state index contributed by atoms with van der Waals surface area (Å²) in [5, 5.41) is 3.36. The highest BCUT2D eigenvalue weighted by molar-refractivity contribution is 5.02. The lowest BCUT2D eigenvalue weighted by Gasteiger charge is -2.12. The van der Waals surface area contributed by atoms with E-state index in [4.69, 9.17) is 4.74 Å². The quantitative estimate of drug-likeness (QED) is 0.770. The second-order valence-corrected chi connectivity index (χ2v) is 3.94. The molecule has 1 N–H and O–H groups in total. The maximum atomic E-state index is 5.50. The van der Waals surface area contributed by atoms with Crippen molar-refractivity contribution >= 4 is 0 Å². The molecule has 0 saturated carbocycles. The number of nitrogens with one attached hydrogen (secondary N) is 1. The standard InChI is InChI=1S/C11H17N3O/c1-9-13-3-2-11(14-9)6-10-7-12-4-5-15-8-10/h2-3,10,12H,4-8H2,1H3. The van der Waals surface area contributed by atoms with Crippen molar-refractivity contribution in [2.45, 2.75) is 13.3 Å². The molecule has 4 heteroatoms. The summed E-state index contributed by atoms with van der Waals surface area (Å²) in [7, 11) is 0. The molecule has 1 aromatic rings. The lowest BCUT2D eigenvalue weighted by Crippen LogP contribution is -2.24. The number of hydrogen-bond donors (Lipinski definition) is 1. The van der Waals surface area contributed by atoms with Crippen molar-refractivity contribution in [1.29, 1.82) is 0 Å². The van der Waals surface area contributed by atoms with E-state index >= 15 is 0 Å². The van der Waals surface area contributed by atoms with Gasteiger partial charge in [0.25, 0.3) is 0 Å². The average molecular weight is 207 g/mol. The van der Waals surface area contributed by atoms with Crippen LogP contribution in [-0.2, 0) is 11.2 Å². The van der Waals surface area contributed by atoms with Gasteiger partial charge in [-0.3, -0.25) is 0 Å². The van der Waals surface area contributed by atoms with Gasteiger partial charge in [-0.1, -0.05) is 0 Å². The molecule has 1 fully saturated rings. The van der Waals surface area contributed by atoms with E-state index in [0.29, 0.717) is 5.92 Å². The van der Waals surface area contributed by atoms with Crippen LogP contribution in [0.25, 0.3) is 0 Å². The van der Waals surface area contributed by atoms with Gasteiger partial charge in [-0.25, -0.2) is 9.97 Å². The largest absolute Gasteiger partial charge is 0.380 e. The predicted octanol–water partition coefficient (Wildman–Crippen LogP) is 0.564. The van der Waals surface area contributed by atoms with Gasteiger partial charge in [0.05, 0.1) is 13.2 Å². The summed E-state index contributed by atoms with van der Waals surface area (Å²) in [6.07, 6.45) is 2.79. The average Bonchev–Trinajstić information content (AvgIpc) is 2.46. The Balaban J connectivity index is 1.95. The third-order valence-corrected chi connectivity index (χ3v) is 2.54. The van der Waals surface area contributed by atoms with Crippen molar-refractivity contribution in [2.75, 3.05) is 26.3 Å². The molecule has 1 unspecified atom stereocenters. The first-order valence-corrected chi connectivity index (χ1v) is 5.41. The van der Waals surface area contributed by atoms with E-state index in [1.807, 2.05) is 19.2 Å². The molecular weight excluding hydrogens is 190 g/mol. The number of rotatable bonds is 2. The molecule has 1 saturated heterocycles. The predicted molar refractivity (Wildman–Crippen MR) is 57.7 cm³/mol. The fourth-order valence-electron chi connectivity index (χ4n) is 1.81. The van der Waals surface area contributed by atoms with Gasteiger partial charge in [-0.2, -0.15) is 0 Å². The van der Waals surface area contributed by atoms with Crippen molar-refractivity contribution < 1.29 is 4.74 Å². The summed E-state index contributed by atoms with van der Waals surface area (Å²) in [6.45, 7) is 5.54. The minimum absolute atomic E-state index is 0.529. The molecule has 82 valence electrons. The van der Waals surface area contributed by atoms with Crippen LogP contribution in [0.1, 0.15) is 11.5 Å². The Hall–Kier alpha value is -1.00. The van der Waals surface area contributed by atoms with E-state index in [0.717, 1.165) is 44.2 Å². The second kappa shape index (κ2) is 5.19. The van der Waals surface area contributed by atoms with Gasteiger partial charge in [-0.15, -0.1) is 0 Å². The smallest absolute Gasteiger partial charge is 0.125 e. The van der Waals surface area contributed by atoms with E-state index in [-0.39, 0.29) is 0 Å². The van der Waals surface area contributed by atoms with E-state index in [1.54, 1.807) is 0 Å².